The Morgan fingerprint density at radius 3 is 2.63 bits per heavy atom. The molecule has 0 spiro atoms. The number of nitrogens with one attached hydrogen (secondary N) is 2. The summed E-state index contributed by atoms with van der Waals surface area (Å²) in [6, 6.07) is 14.5. The summed E-state index contributed by atoms with van der Waals surface area (Å²) in [6.45, 7) is 1.28. The lowest BCUT2D eigenvalue weighted by Crippen LogP contribution is -2.36. The van der Waals surface area contributed by atoms with Crippen LogP contribution in [0.2, 0.25) is 0 Å². The fourth-order valence-electron chi connectivity index (χ4n) is 3.93. The summed E-state index contributed by atoms with van der Waals surface area (Å²) in [7, 11) is -1.95. The van der Waals surface area contributed by atoms with Crippen LogP contribution in [-0.2, 0) is 26.2 Å². The van der Waals surface area contributed by atoms with Crippen LogP contribution in [0.25, 0.3) is 11.4 Å². The van der Waals surface area contributed by atoms with E-state index in [1.165, 1.54) is 17.5 Å². The Hall–Kier alpha value is -3.86. The van der Waals surface area contributed by atoms with Crippen molar-refractivity contribution in [2.45, 2.75) is 19.4 Å². The van der Waals surface area contributed by atoms with Crippen LogP contribution in [0, 0.1) is 0 Å². The summed E-state index contributed by atoms with van der Waals surface area (Å²) in [4.78, 5) is 29.2. The Balaban J connectivity index is 1.33. The molecule has 1 saturated heterocycles. The highest BCUT2D eigenvalue weighted by Gasteiger charge is 2.29. The molecule has 4 rings (SSSR count). The number of anilines is 2. The van der Waals surface area contributed by atoms with Crippen molar-refractivity contribution in [3.05, 3.63) is 60.9 Å². The number of ether oxygens (including phenoxy) is 1. The third kappa shape index (κ3) is 5.62. The lowest BCUT2D eigenvalue weighted by molar-refractivity contribution is -0.136. The molecule has 184 valence electrons. The third-order valence-corrected chi connectivity index (χ3v) is 7.50. The van der Waals surface area contributed by atoms with Gasteiger partial charge in [-0.3, -0.25) is 13.9 Å². The summed E-state index contributed by atoms with van der Waals surface area (Å²) in [5.74, 6) is -0.422. The number of aryl methyl sites for hydroxylation is 1. The van der Waals surface area contributed by atoms with Gasteiger partial charge >= 0.3 is 11.8 Å². The molecule has 0 atom stereocenters. The van der Waals surface area contributed by atoms with Crippen molar-refractivity contribution in [1.29, 1.82) is 0 Å². The topological polar surface area (TPSA) is 123 Å². The second-order valence-corrected chi connectivity index (χ2v) is 10.0. The zero-order valence-corrected chi connectivity index (χ0v) is 20.1. The highest BCUT2D eigenvalue weighted by molar-refractivity contribution is 7.93. The van der Waals surface area contributed by atoms with Gasteiger partial charge in [-0.1, -0.05) is 30.3 Å². The van der Waals surface area contributed by atoms with Crippen molar-refractivity contribution in [1.82, 2.24) is 14.9 Å². The van der Waals surface area contributed by atoms with Crippen molar-refractivity contribution < 1.29 is 22.7 Å². The molecule has 0 aliphatic carbocycles. The molecular weight excluding hydrogens is 470 g/mol. The normalized spacial score (nSPS) is 14.5. The summed E-state index contributed by atoms with van der Waals surface area (Å²) >= 11 is 0. The molecule has 1 fully saturated rings. The van der Waals surface area contributed by atoms with E-state index in [0.717, 1.165) is 11.4 Å². The quantitative estimate of drug-likeness (QED) is 0.364. The number of hydrogen-bond donors (Lipinski definition) is 2. The van der Waals surface area contributed by atoms with Crippen LogP contribution in [0.4, 0.5) is 11.4 Å². The molecule has 1 aliphatic rings. The van der Waals surface area contributed by atoms with Crippen LogP contribution >= 0.6 is 0 Å². The molecule has 2 N–H and O–H groups in total. The number of methoxy groups -OCH3 is 1. The van der Waals surface area contributed by atoms with Gasteiger partial charge in [0.2, 0.25) is 10.0 Å². The van der Waals surface area contributed by atoms with Crippen molar-refractivity contribution in [2.24, 2.45) is 0 Å². The molecule has 11 heteroatoms. The maximum atomic E-state index is 12.5. The van der Waals surface area contributed by atoms with Gasteiger partial charge in [-0.15, -0.1) is 0 Å². The molecule has 2 amide bonds. The smallest absolute Gasteiger partial charge is 0.313 e. The predicted octanol–water partition coefficient (Wildman–Crippen LogP) is 2.24. The van der Waals surface area contributed by atoms with E-state index in [1.54, 1.807) is 18.3 Å². The van der Waals surface area contributed by atoms with Gasteiger partial charge in [-0.2, -0.15) is 0 Å². The molecule has 3 aromatic rings. The van der Waals surface area contributed by atoms with E-state index in [0.29, 0.717) is 43.9 Å². The predicted molar refractivity (Wildman–Crippen MR) is 133 cm³/mol. The first kappa shape index (κ1) is 24.3. The van der Waals surface area contributed by atoms with Gasteiger partial charge in [0.05, 0.1) is 24.2 Å². The number of imidazole rings is 1. The SMILES string of the molecule is COc1ccc(N2CCCS2(=O)=O)cc1NC(=O)C(=O)NCCCn1ccnc1-c1ccccc1. The van der Waals surface area contributed by atoms with Crippen LogP contribution in [0.3, 0.4) is 0 Å². The van der Waals surface area contributed by atoms with E-state index < -0.39 is 21.8 Å². The molecule has 0 radical (unpaired) electrons. The first-order valence-electron chi connectivity index (χ1n) is 11.2. The number of amides is 2. The number of nitrogens with zero attached hydrogens (tertiary/aromatic N) is 3. The number of benzene rings is 2. The van der Waals surface area contributed by atoms with Crippen LogP contribution in [-0.4, -0.2) is 55.7 Å². The van der Waals surface area contributed by atoms with E-state index in [2.05, 4.69) is 15.6 Å². The van der Waals surface area contributed by atoms with E-state index in [1.807, 2.05) is 41.1 Å². The Kier molecular flexibility index (Phi) is 7.35. The van der Waals surface area contributed by atoms with E-state index in [9.17, 15) is 18.0 Å². The molecule has 0 bridgehead atoms. The fraction of sp³-hybridized carbons (Fsp3) is 0.292. The largest absolute Gasteiger partial charge is 0.495 e. The molecule has 10 nitrogen and oxygen atoms in total. The highest BCUT2D eigenvalue weighted by Crippen LogP contribution is 2.32. The fourth-order valence-corrected chi connectivity index (χ4v) is 5.48. The average molecular weight is 498 g/mol. The van der Waals surface area contributed by atoms with Crippen molar-refractivity contribution >= 4 is 33.2 Å². The Bertz CT molecular complexity index is 1310. The summed E-state index contributed by atoms with van der Waals surface area (Å²) in [6.07, 6.45) is 4.73. The Labute approximate surface area is 204 Å². The van der Waals surface area contributed by atoms with Crippen molar-refractivity contribution in [3.63, 3.8) is 0 Å². The molecule has 2 aromatic carbocycles. The molecule has 0 unspecified atom stereocenters. The Morgan fingerprint density at radius 1 is 1.11 bits per heavy atom. The van der Waals surface area contributed by atoms with Gasteiger partial charge < -0.3 is 19.9 Å². The molecule has 2 heterocycles. The summed E-state index contributed by atoms with van der Waals surface area (Å²) < 4.78 is 33.0. The molecular formula is C24H27N5O5S. The number of sulfonamides is 1. The van der Waals surface area contributed by atoms with E-state index >= 15 is 0 Å². The first-order chi connectivity index (χ1) is 16.9. The van der Waals surface area contributed by atoms with Crippen LogP contribution in [0.15, 0.2) is 60.9 Å². The minimum absolute atomic E-state index is 0.0784. The first-order valence-corrected chi connectivity index (χ1v) is 12.8. The molecule has 35 heavy (non-hydrogen) atoms. The minimum Gasteiger partial charge on any atom is -0.495 e. The monoisotopic (exact) mass is 497 g/mol. The van der Waals surface area contributed by atoms with Gasteiger partial charge in [0, 0.05) is 37.6 Å². The molecule has 1 aromatic heterocycles. The lowest BCUT2D eigenvalue weighted by Gasteiger charge is -2.19. The maximum Gasteiger partial charge on any atom is 0.313 e. The maximum absolute atomic E-state index is 12.5. The summed E-state index contributed by atoms with van der Waals surface area (Å²) in [5, 5.41) is 5.14. The van der Waals surface area contributed by atoms with Gasteiger partial charge in [0.1, 0.15) is 11.6 Å². The number of rotatable bonds is 8. The average Bonchev–Trinajstić information content (AvgIpc) is 3.47. The minimum atomic E-state index is -3.38. The number of aromatic nitrogens is 2. The second kappa shape index (κ2) is 10.6. The standard InChI is InChI=1S/C24H27N5O5S/c1-34-21-10-9-19(29-14-6-16-35(29,32)33)17-20(21)27-24(31)23(30)26-11-5-13-28-15-12-25-22(28)18-7-3-2-4-8-18/h2-4,7-10,12,15,17H,5-6,11,13-14,16H2,1H3,(H,26,30)(H,27,31). The van der Waals surface area contributed by atoms with Crippen LogP contribution < -0.4 is 19.7 Å². The van der Waals surface area contributed by atoms with Gasteiger partial charge in [-0.25, -0.2) is 13.4 Å². The number of carbonyl (C=O) groups excluding carboxylic acids is 2. The van der Waals surface area contributed by atoms with Crippen molar-refractivity contribution in [3.8, 4) is 17.1 Å². The van der Waals surface area contributed by atoms with Crippen molar-refractivity contribution in [2.75, 3.05) is 35.6 Å². The van der Waals surface area contributed by atoms with E-state index in [4.69, 9.17) is 4.74 Å². The zero-order chi connectivity index (χ0) is 24.8. The second-order valence-electron chi connectivity index (χ2n) is 8.00. The molecule has 0 saturated carbocycles. The van der Waals surface area contributed by atoms with Gasteiger partial charge in [-0.05, 0) is 31.0 Å². The number of carbonyl (C=O) groups is 2. The van der Waals surface area contributed by atoms with Gasteiger partial charge in [0.15, 0.2) is 0 Å². The Morgan fingerprint density at radius 2 is 1.91 bits per heavy atom. The van der Waals surface area contributed by atoms with E-state index in [-0.39, 0.29) is 11.4 Å². The van der Waals surface area contributed by atoms with Gasteiger partial charge in [0.25, 0.3) is 0 Å². The number of hydrogen-bond acceptors (Lipinski definition) is 6. The highest BCUT2D eigenvalue weighted by atomic mass is 32.2. The third-order valence-electron chi connectivity index (χ3n) is 5.63. The van der Waals surface area contributed by atoms with Crippen LogP contribution in [0.1, 0.15) is 12.8 Å². The summed E-state index contributed by atoms with van der Waals surface area (Å²) in [5.41, 5.74) is 1.63. The lowest BCUT2D eigenvalue weighted by atomic mass is 10.2. The zero-order valence-electron chi connectivity index (χ0n) is 19.3. The van der Waals surface area contributed by atoms with Crippen LogP contribution in [0.5, 0.6) is 5.75 Å². The molecule has 1 aliphatic heterocycles.